The van der Waals surface area contributed by atoms with E-state index in [-0.39, 0.29) is 0 Å². The van der Waals surface area contributed by atoms with Crippen molar-refractivity contribution < 1.29 is 24.2 Å². The number of benzene rings is 1. The number of carbonyl (C=O) groups excluding carboxylic acids is 2. The Kier molecular flexibility index (Phi) is 3.20. The summed E-state index contributed by atoms with van der Waals surface area (Å²) in [6.45, 7) is 1.30. The summed E-state index contributed by atoms with van der Waals surface area (Å²) >= 11 is 0. The van der Waals surface area contributed by atoms with Gasteiger partial charge in [0, 0.05) is 5.69 Å². The molecule has 1 aromatic carbocycles. The van der Waals surface area contributed by atoms with Gasteiger partial charge in [-0.25, -0.2) is 4.79 Å². The Hall–Kier alpha value is -2.08. The Morgan fingerprint density at radius 2 is 1.89 bits per heavy atom. The van der Waals surface area contributed by atoms with E-state index in [9.17, 15) is 14.7 Å². The number of amides is 1. The molecule has 1 saturated heterocycles. The van der Waals surface area contributed by atoms with E-state index in [0.717, 1.165) is 0 Å². The van der Waals surface area contributed by atoms with Crippen molar-refractivity contribution in [2.75, 3.05) is 19.1 Å². The predicted octanol–water partition coefficient (Wildman–Crippen LogP) is 0.334. The van der Waals surface area contributed by atoms with Gasteiger partial charge in [-0.3, -0.25) is 9.69 Å². The van der Waals surface area contributed by atoms with Gasteiger partial charge in [-0.15, -0.1) is 0 Å². The molecular formula is C13H15NO5. The third-order valence-electron chi connectivity index (χ3n) is 3.22. The lowest BCUT2D eigenvalue weighted by atomic mass is 9.83. The van der Waals surface area contributed by atoms with Crippen LogP contribution in [0.25, 0.3) is 0 Å². The van der Waals surface area contributed by atoms with Crippen LogP contribution >= 0.6 is 0 Å². The zero-order valence-corrected chi connectivity index (χ0v) is 10.9. The Labute approximate surface area is 110 Å². The standard InChI is InChI=1S/C13H15NO5/c1-13(17)10(11(15)19-3)14(12(13)16)8-4-6-9(18-2)7-5-8/h4-7,10,17H,1-3H3/t10-,13-/m1/s1. The van der Waals surface area contributed by atoms with E-state index >= 15 is 0 Å². The Morgan fingerprint density at radius 1 is 1.32 bits per heavy atom. The first-order chi connectivity index (χ1) is 8.93. The summed E-state index contributed by atoms with van der Waals surface area (Å²) in [7, 11) is 2.75. The maximum atomic E-state index is 11.9. The second-order valence-corrected chi connectivity index (χ2v) is 4.45. The lowest BCUT2D eigenvalue weighted by Crippen LogP contribution is -2.76. The largest absolute Gasteiger partial charge is 0.497 e. The third-order valence-corrected chi connectivity index (χ3v) is 3.22. The second-order valence-electron chi connectivity index (χ2n) is 4.45. The van der Waals surface area contributed by atoms with Gasteiger partial charge >= 0.3 is 5.97 Å². The van der Waals surface area contributed by atoms with Gasteiger partial charge in [0.2, 0.25) is 0 Å². The number of anilines is 1. The zero-order valence-electron chi connectivity index (χ0n) is 10.9. The molecule has 1 N–H and O–H groups in total. The van der Waals surface area contributed by atoms with Crippen LogP contribution in [0.2, 0.25) is 0 Å². The summed E-state index contributed by atoms with van der Waals surface area (Å²) in [6.07, 6.45) is 0. The predicted molar refractivity (Wildman–Crippen MR) is 66.9 cm³/mol. The average molecular weight is 265 g/mol. The molecule has 1 fully saturated rings. The number of hydrogen-bond donors (Lipinski definition) is 1. The van der Waals surface area contributed by atoms with Gasteiger partial charge in [-0.1, -0.05) is 0 Å². The molecule has 0 bridgehead atoms. The minimum absolute atomic E-state index is 0.507. The maximum Gasteiger partial charge on any atom is 0.332 e. The molecule has 0 unspecified atom stereocenters. The van der Waals surface area contributed by atoms with Crippen LogP contribution in [0.3, 0.4) is 0 Å². The summed E-state index contributed by atoms with van der Waals surface area (Å²) in [6, 6.07) is 5.59. The van der Waals surface area contributed by atoms with Crippen LogP contribution in [0.1, 0.15) is 6.92 Å². The highest BCUT2D eigenvalue weighted by atomic mass is 16.5. The van der Waals surface area contributed by atoms with E-state index in [1.807, 2.05) is 0 Å². The van der Waals surface area contributed by atoms with Gasteiger partial charge in [-0.2, -0.15) is 0 Å². The molecule has 0 aliphatic carbocycles. The SMILES string of the molecule is COC(=O)[C@H]1N(c2ccc(OC)cc2)C(=O)[C@]1(C)O. The van der Waals surface area contributed by atoms with E-state index < -0.39 is 23.5 Å². The minimum Gasteiger partial charge on any atom is -0.497 e. The van der Waals surface area contributed by atoms with Crippen molar-refractivity contribution in [1.29, 1.82) is 0 Å². The number of carbonyl (C=O) groups is 2. The summed E-state index contributed by atoms with van der Waals surface area (Å²) < 4.78 is 9.64. The van der Waals surface area contributed by atoms with Crippen LogP contribution in [0, 0.1) is 0 Å². The average Bonchev–Trinajstić information content (AvgIpc) is 2.43. The lowest BCUT2D eigenvalue weighted by Gasteiger charge is -2.49. The number of hydrogen-bond acceptors (Lipinski definition) is 5. The van der Waals surface area contributed by atoms with Crippen molar-refractivity contribution >= 4 is 17.6 Å². The van der Waals surface area contributed by atoms with Crippen molar-refractivity contribution in [2.45, 2.75) is 18.6 Å². The molecule has 6 nitrogen and oxygen atoms in total. The minimum atomic E-state index is -1.73. The van der Waals surface area contributed by atoms with Crippen molar-refractivity contribution in [3.8, 4) is 5.75 Å². The molecule has 2 rings (SSSR count). The fourth-order valence-corrected chi connectivity index (χ4v) is 2.12. The van der Waals surface area contributed by atoms with Crippen LogP contribution < -0.4 is 9.64 Å². The van der Waals surface area contributed by atoms with Crippen LogP contribution in [-0.4, -0.2) is 42.8 Å². The normalized spacial score (nSPS) is 25.8. The van der Waals surface area contributed by atoms with E-state index in [1.165, 1.54) is 26.0 Å². The Balaban J connectivity index is 2.32. The summed E-state index contributed by atoms with van der Waals surface area (Å²) in [5.41, 5.74) is -1.22. The number of β-lactam (4-membered cyclic amide) rings is 1. The first-order valence-electron chi connectivity index (χ1n) is 5.71. The van der Waals surface area contributed by atoms with E-state index in [1.54, 1.807) is 24.3 Å². The topological polar surface area (TPSA) is 76.1 Å². The van der Waals surface area contributed by atoms with E-state index in [4.69, 9.17) is 4.74 Å². The lowest BCUT2D eigenvalue weighted by molar-refractivity contribution is -0.166. The van der Waals surface area contributed by atoms with Crippen molar-refractivity contribution in [3.05, 3.63) is 24.3 Å². The molecule has 1 aliphatic heterocycles. The van der Waals surface area contributed by atoms with Crippen molar-refractivity contribution in [3.63, 3.8) is 0 Å². The van der Waals surface area contributed by atoms with Crippen LogP contribution in [-0.2, 0) is 14.3 Å². The molecular weight excluding hydrogens is 250 g/mol. The summed E-state index contributed by atoms with van der Waals surface area (Å²) in [5.74, 6) is -0.549. The van der Waals surface area contributed by atoms with Crippen molar-refractivity contribution in [1.82, 2.24) is 0 Å². The van der Waals surface area contributed by atoms with Crippen molar-refractivity contribution in [2.24, 2.45) is 0 Å². The number of esters is 1. The van der Waals surface area contributed by atoms with Gasteiger partial charge in [-0.05, 0) is 31.2 Å². The maximum absolute atomic E-state index is 11.9. The number of methoxy groups -OCH3 is 2. The first kappa shape index (κ1) is 13.4. The molecule has 102 valence electrons. The molecule has 0 saturated carbocycles. The fourth-order valence-electron chi connectivity index (χ4n) is 2.12. The van der Waals surface area contributed by atoms with Gasteiger partial charge in [0.1, 0.15) is 5.75 Å². The van der Waals surface area contributed by atoms with Crippen LogP contribution in [0.4, 0.5) is 5.69 Å². The number of rotatable bonds is 3. The number of aliphatic hydroxyl groups is 1. The molecule has 1 aromatic rings. The third kappa shape index (κ3) is 1.94. The Morgan fingerprint density at radius 3 is 2.37 bits per heavy atom. The molecule has 1 heterocycles. The van der Waals surface area contributed by atoms with E-state index in [0.29, 0.717) is 11.4 Å². The zero-order chi connectivity index (χ0) is 14.2. The fraction of sp³-hybridized carbons (Fsp3) is 0.385. The van der Waals surface area contributed by atoms with Gasteiger partial charge in [0.25, 0.3) is 5.91 Å². The Bertz CT molecular complexity index is 508. The molecule has 0 radical (unpaired) electrons. The monoisotopic (exact) mass is 265 g/mol. The summed E-state index contributed by atoms with van der Waals surface area (Å²) in [5, 5.41) is 9.96. The highest BCUT2D eigenvalue weighted by Gasteiger charge is 2.61. The molecule has 0 aromatic heterocycles. The second kappa shape index (κ2) is 4.55. The molecule has 1 amide bonds. The van der Waals surface area contributed by atoms with Crippen LogP contribution in [0.5, 0.6) is 5.75 Å². The first-order valence-corrected chi connectivity index (χ1v) is 5.71. The van der Waals surface area contributed by atoms with Gasteiger partial charge in [0.05, 0.1) is 14.2 Å². The van der Waals surface area contributed by atoms with Gasteiger partial charge in [0.15, 0.2) is 11.6 Å². The molecule has 1 aliphatic rings. The highest BCUT2D eigenvalue weighted by Crippen LogP contribution is 2.36. The van der Waals surface area contributed by atoms with Gasteiger partial charge < -0.3 is 14.6 Å². The summed E-state index contributed by atoms with van der Waals surface area (Å²) in [4.78, 5) is 24.8. The quantitative estimate of drug-likeness (QED) is 0.630. The molecule has 0 spiro atoms. The molecule has 6 heteroatoms. The highest BCUT2D eigenvalue weighted by molar-refractivity contribution is 6.15. The van der Waals surface area contributed by atoms with E-state index in [2.05, 4.69) is 4.74 Å². The number of nitrogens with zero attached hydrogens (tertiary/aromatic N) is 1. The smallest absolute Gasteiger partial charge is 0.332 e. The molecule has 2 atom stereocenters. The van der Waals surface area contributed by atoms with Crippen LogP contribution in [0.15, 0.2) is 24.3 Å². The molecule has 19 heavy (non-hydrogen) atoms. The number of ether oxygens (including phenoxy) is 2.